The van der Waals surface area contributed by atoms with Crippen LogP contribution in [0.4, 0.5) is 0 Å². The summed E-state index contributed by atoms with van der Waals surface area (Å²) in [6, 6.07) is 6.76. The molecule has 3 rings (SSSR count). The Balaban J connectivity index is 2.23. The molecule has 9 nitrogen and oxygen atoms in total. The van der Waals surface area contributed by atoms with Gasteiger partial charge < -0.3 is 33.9 Å². The number of carbonyl (C=O) groups is 2. The molecule has 0 fully saturated rings. The number of rotatable bonds is 8. The van der Waals surface area contributed by atoms with E-state index in [2.05, 4.69) is 0 Å². The predicted molar refractivity (Wildman–Crippen MR) is 122 cm³/mol. The van der Waals surface area contributed by atoms with Crippen molar-refractivity contribution in [3.05, 3.63) is 41.0 Å². The Labute approximate surface area is 198 Å². The molecule has 2 N–H and O–H groups in total. The molecule has 2 aromatic rings. The van der Waals surface area contributed by atoms with Crippen molar-refractivity contribution in [3.8, 4) is 28.7 Å². The molecule has 0 amide bonds. The number of aromatic hydroxyl groups is 2. The summed E-state index contributed by atoms with van der Waals surface area (Å²) in [5, 5.41) is 21.0. The Hall–Kier alpha value is -3.62. The van der Waals surface area contributed by atoms with E-state index in [1.807, 2.05) is 0 Å². The van der Waals surface area contributed by atoms with E-state index in [-0.39, 0.29) is 48.0 Å². The minimum Gasteiger partial charge on any atom is -0.504 e. The summed E-state index contributed by atoms with van der Waals surface area (Å²) in [6.07, 6.45) is 0.508. The molecule has 34 heavy (non-hydrogen) atoms. The van der Waals surface area contributed by atoms with Gasteiger partial charge in [-0.15, -0.1) is 0 Å². The van der Waals surface area contributed by atoms with Crippen LogP contribution in [0.3, 0.4) is 0 Å². The van der Waals surface area contributed by atoms with Gasteiger partial charge in [-0.05, 0) is 47.4 Å². The fourth-order valence-corrected chi connectivity index (χ4v) is 4.57. The van der Waals surface area contributed by atoms with E-state index >= 15 is 0 Å². The predicted octanol–water partition coefficient (Wildman–Crippen LogP) is 3.17. The molecule has 0 spiro atoms. The first-order chi connectivity index (χ1) is 16.2. The van der Waals surface area contributed by atoms with Gasteiger partial charge in [0, 0.05) is 31.6 Å². The van der Waals surface area contributed by atoms with Crippen molar-refractivity contribution in [1.29, 1.82) is 0 Å². The van der Waals surface area contributed by atoms with Gasteiger partial charge in [-0.25, -0.2) is 0 Å². The highest BCUT2D eigenvalue weighted by Gasteiger charge is 2.40. The van der Waals surface area contributed by atoms with Gasteiger partial charge in [0.15, 0.2) is 23.0 Å². The summed E-state index contributed by atoms with van der Waals surface area (Å²) in [7, 11) is 4.34. The first-order valence-electron chi connectivity index (χ1n) is 10.8. The number of phenolic OH excluding ortho intramolecular Hbond substituents is 2. The molecular weight excluding hydrogens is 444 g/mol. The molecule has 0 heterocycles. The summed E-state index contributed by atoms with van der Waals surface area (Å²) in [4.78, 5) is 23.3. The van der Waals surface area contributed by atoms with Crippen LogP contribution < -0.4 is 14.2 Å². The van der Waals surface area contributed by atoms with Crippen molar-refractivity contribution >= 4 is 11.9 Å². The van der Waals surface area contributed by atoms with E-state index in [0.29, 0.717) is 17.7 Å². The molecule has 1 aliphatic rings. The maximum absolute atomic E-state index is 11.7. The van der Waals surface area contributed by atoms with E-state index in [1.54, 1.807) is 24.3 Å². The molecule has 3 atom stereocenters. The van der Waals surface area contributed by atoms with Gasteiger partial charge in [-0.2, -0.15) is 0 Å². The van der Waals surface area contributed by atoms with Crippen molar-refractivity contribution in [1.82, 2.24) is 0 Å². The van der Waals surface area contributed by atoms with Gasteiger partial charge in [-0.1, -0.05) is 0 Å². The second-order valence-corrected chi connectivity index (χ2v) is 8.21. The zero-order valence-corrected chi connectivity index (χ0v) is 19.9. The molecule has 2 aromatic carbocycles. The highest BCUT2D eigenvalue weighted by Crippen LogP contribution is 2.50. The maximum Gasteiger partial charge on any atom is 0.302 e. The van der Waals surface area contributed by atoms with Gasteiger partial charge in [0.1, 0.15) is 0 Å². The van der Waals surface area contributed by atoms with Gasteiger partial charge in [0.05, 0.1) is 34.5 Å². The standard InChI is InChI=1S/C25H30O9/c1-13(26)33-11-17-6-15-7-21(30-3)20(28)10-18(15)24(19(17)12-34-14(2)27)16-8-22(31-4)25(29)23(9-16)32-5/h7-10,17,19,24,28-29H,6,11-12H2,1-5H3. The van der Waals surface area contributed by atoms with Crippen LogP contribution >= 0.6 is 0 Å². The Morgan fingerprint density at radius 3 is 1.94 bits per heavy atom. The molecule has 0 saturated carbocycles. The number of esters is 2. The normalized spacial score (nSPS) is 19.0. The number of fused-ring (bicyclic) bond motifs is 1. The number of hydrogen-bond donors (Lipinski definition) is 2. The maximum atomic E-state index is 11.7. The Bertz CT molecular complexity index is 1040. The highest BCUT2D eigenvalue weighted by molar-refractivity contribution is 5.66. The van der Waals surface area contributed by atoms with E-state index in [1.165, 1.54) is 35.2 Å². The summed E-state index contributed by atoms with van der Waals surface area (Å²) in [5.41, 5.74) is 2.40. The number of methoxy groups -OCH3 is 3. The smallest absolute Gasteiger partial charge is 0.302 e. The second-order valence-electron chi connectivity index (χ2n) is 8.21. The van der Waals surface area contributed by atoms with Gasteiger partial charge in [-0.3, -0.25) is 9.59 Å². The fourth-order valence-electron chi connectivity index (χ4n) is 4.57. The van der Waals surface area contributed by atoms with Crippen molar-refractivity contribution < 1.29 is 43.5 Å². The van der Waals surface area contributed by atoms with Crippen LogP contribution in [-0.2, 0) is 25.5 Å². The minimum absolute atomic E-state index is 0.0337. The number of hydrogen-bond acceptors (Lipinski definition) is 9. The topological polar surface area (TPSA) is 121 Å². The molecule has 0 saturated heterocycles. The first-order valence-corrected chi connectivity index (χ1v) is 10.8. The third-order valence-corrected chi connectivity index (χ3v) is 6.13. The average molecular weight is 475 g/mol. The lowest BCUT2D eigenvalue weighted by molar-refractivity contribution is -0.147. The van der Waals surface area contributed by atoms with Crippen LogP contribution in [0.5, 0.6) is 28.7 Å². The van der Waals surface area contributed by atoms with Crippen LogP contribution in [-0.4, -0.2) is 56.7 Å². The minimum atomic E-state index is -0.436. The molecule has 0 radical (unpaired) electrons. The summed E-state index contributed by atoms with van der Waals surface area (Å²) in [5.74, 6) is -1.22. The third-order valence-electron chi connectivity index (χ3n) is 6.13. The SMILES string of the molecule is COc1cc2c(cc1O)C(c1cc(OC)c(O)c(OC)c1)C(COC(C)=O)C(COC(C)=O)C2. The third kappa shape index (κ3) is 5.13. The quantitative estimate of drug-likeness (QED) is 0.556. The second kappa shape index (κ2) is 10.5. The highest BCUT2D eigenvalue weighted by atomic mass is 16.5. The lowest BCUT2D eigenvalue weighted by atomic mass is 9.66. The van der Waals surface area contributed by atoms with E-state index in [0.717, 1.165) is 11.1 Å². The van der Waals surface area contributed by atoms with Gasteiger partial charge in [0.25, 0.3) is 0 Å². The lowest BCUT2D eigenvalue weighted by Gasteiger charge is -2.39. The molecule has 1 aliphatic carbocycles. The van der Waals surface area contributed by atoms with Gasteiger partial charge >= 0.3 is 11.9 Å². The monoisotopic (exact) mass is 474 g/mol. The summed E-state index contributed by atoms with van der Waals surface area (Å²) < 4.78 is 26.8. The number of carbonyl (C=O) groups excluding carboxylic acids is 2. The Morgan fingerprint density at radius 2 is 1.41 bits per heavy atom. The van der Waals surface area contributed by atoms with E-state index < -0.39 is 17.9 Å². The number of benzene rings is 2. The first kappa shape index (κ1) is 25.0. The van der Waals surface area contributed by atoms with Crippen molar-refractivity contribution in [2.45, 2.75) is 26.2 Å². The zero-order chi connectivity index (χ0) is 25.0. The summed E-state index contributed by atoms with van der Waals surface area (Å²) in [6.45, 7) is 2.85. The largest absolute Gasteiger partial charge is 0.504 e. The molecule has 0 aromatic heterocycles. The summed E-state index contributed by atoms with van der Waals surface area (Å²) >= 11 is 0. The zero-order valence-electron chi connectivity index (χ0n) is 19.9. The van der Waals surface area contributed by atoms with E-state index in [9.17, 15) is 19.8 Å². The van der Waals surface area contributed by atoms with Crippen molar-refractivity contribution in [2.75, 3.05) is 34.5 Å². The van der Waals surface area contributed by atoms with Crippen LogP contribution in [0.2, 0.25) is 0 Å². The van der Waals surface area contributed by atoms with Gasteiger partial charge in [0.2, 0.25) is 5.75 Å². The van der Waals surface area contributed by atoms with Crippen molar-refractivity contribution in [3.63, 3.8) is 0 Å². The Morgan fingerprint density at radius 1 is 0.853 bits per heavy atom. The molecule has 0 aliphatic heterocycles. The van der Waals surface area contributed by atoms with E-state index in [4.69, 9.17) is 23.7 Å². The molecule has 184 valence electrons. The number of phenols is 2. The number of ether oxygens (including phenoxy) is 5. The van der Waals surface area contributed by atoms with Crippen LogP contribution in [0.15, 0.2) is 24.3 Å². The Kier molecular flexibility index (Phi) is 7.75. The average Bonchev–Trinajstić information content (AvgIpc) is 2.80. The molecular formula is C25H30O9. The molecule has 0 bridgehead atoms. The van der Waals surface area contributed by atoms with Crippen LogP contribution in [0, 0.1) is 11.8 Å². The fraction of sp³-hybridized carbons (Fsp3) is 0.440. The molecule has 3 unspecified atom stereocenters. The van der Waals surface area contributed by atoms with Crippen LogP contribution in [0.25, 0.3) is 0 Å². The lowest BCUT2D eigenvalue weighted by Crippen LogP contribution is -2.37. The van der Waals surface area contributed by atoms with Crippen LogP contribution in [0.1, 0.15) is 36.5 Å². The van der Waals surface area contributed by atoms with Crippen molar-refractivity contribution in [2.24, 2.45) is 11.8 Å². The molecule has 9 heteroatoms.